The summed E-state index contributed by atoms with van der Waals surface area (Å²) in [4.78, 5) is 0. The molecule has 1 rings (SSSR count). The minimum atomic E-state index is -1.37. The molecule has 0 amide bonds. The quantitative estimate of drug-likeness (QED) is 0.685. The second-order valence-corrected chi connectivity index (χ2v) is 9.76. The van der Waals surface area contributed by atoms with Gasteiger partial charge in [0.15, 0.2) is 8.24 Å². The Morgan fingerprint density at radius 3 is 2.12 bits per heavy atom. The average Bonchev–Trinajstić information content (AvgIpc) is 2.25. The Balaban J connectivity index is 3.17. The summed E-state index contributed by atoms with van der Waals surface area (Å²) in [6.45, 7) is 11.5. The summed E-state index contributed by atoms with van der Waals surface area (Å²) in [5, 5.41) is 0. The number of allylic oxidation sites excluding steroid dienone is 2. The van der Waals surface area contributed by atoms with E-state index in [1.165, 1.54) is 11.4 Å². The van der Waals surface area contributed by atoms with Gasteiger partial charge in [0, 0.05) is 11.4 Å². The highest BCUT2D eigenvalue weighted by atomic mass is 28.3. The molecule has 0 atom stereocenters. The van der Waals surface area contributed by atoms with Gasteiger partial charge in [-0.2, -0.15) is 0 Å². The van der Waals surface area contributed by atoms with Gasteiger partial charge in [-0.15, -0.1) is 0 Å². The van der Waals surface area contributed by atoms with Gasteiger partial charge < -0.3 is 4.57 Å². The van der Waals surface area contributed by atoms with Crippen LogP contribution in [0.1, 0.15) is 20.3 Å². The zero-order chi connectivity index (χ0) is 12.2. The highest BCUT2D eigenvalue weighted by molar-refractivity contribution is 6.80. The molecule has 0 radical (unpaired) electrons. The maximum atomic E-state index is 2.55. The molecule has 0 bridgehead atoms. The Hall–Kier alpha value is -1.02. The third kappa shape index (κ3) is 2.98. The summed E-state index contributed by atoms with van der Waals surface area (Å²) < 4.78 is 2.55. The summed E-state index contributed by atoms with van der Waals surface area (Å²) in [5.74, 6) is 0. The Morgan fingerprint density at radius 2 is 1.75 bits per heavy atom. The molecule has 2 heteroatoms. The van der Waals surface area contributed by atoms with E-state index in [4.69, 9.17) is 0 Å². The lowest BCUT2D eigenvalue weighted by Gasteiger charge is -2.38. The highest BCUT2D eigenvalue weighted by Crippen LogP contribution is 2.27. The molecule has 0 saturated carbocycles. The molecule has 1 nitrogen and oxygen atoms in total. The molecule has 0 aromatic heterocycles. The lowest BCUT2D eigenvalue weighted by molar-refractivity contribution is 1.02. The van der Waals surface area contributed by atoms with Crippen molar-refractivity contribution in [3.05, 3.63) is 42.1 Å². The summed E-state index contributed by atoms with van der Waals surface area (Å²) in [5.41, 5.74) is 2.77. The number of anilines is 1. The van der Waals surface area contributed by atoms with Crippen LogP contribution in [0.25, 0.3) is 0 Å². The van der Waals surface area contributed by atoms with Crippen LogP contribution in [0.4, 0.5) is 5.69 Å². The number of para-hydroxylation sites is 1. The first-order valence-corrected chi connectivity index (χ1v) is 9.46. The SMILES string of the molecule is C/C=C(\CC)N(c1ccccc1)[Si](C)(C)C. The first-order chi connectivity index (χ1) is 7.50. The zero-order valence-corrected chi connectivity index (χ0v) is 12.1. The molecular formula is C14H23NSi. The van der Waals surface area contributed by atoms with Crippen molar-refractivity contribution in [3.63, 3.8) is 0 Å². The lowest BCUT2D eigenvalue weighted by Crippen LogP contribution is -2.45. The smallest absolute Gasteiger partial charge is 0.153 e. The van der Waals surface area contributed by atoms with E-state index < -0.39 is 8.24 Å². The molecule has 1 aromatic carbocycles. The van der Waals surface area contributed by atoms with Crippen LogP contribution >= 0.6 is 0 Å². The largest absolute Gasteiger partial charge is 0.373 e. The Bertz CT molecular complexity index is 349. The van der Waals surface area contributed by atoms with Crippen molar-refractivity contribution >= 4 is 13.9 Å². The van der Waals surface area contributed by atoms with Crippen molar-refractivity contribution in [3.8, 4) is 0 Å². The van der Waals surface area contributed by atoms with Crippen LogP contribution < -0.4 is 4.57 Å². The van der Waals surface area contributed by atoms with Gasteiger partial charge in [-0.05, 0) is 25.5 Å². The number of hydrogen-bond acceptors (Lipinski definition) is 1. The summed E-state index contributed by atoms with van der Waals surface area (Å²) in [6, 6.07) is 10.7. The molecule has 0 unspecified atom stereocenters. The normalized spacial score (nSPS) is 12.7. The maximum absolute atomic E-state index is 2.55. The number of nitrogens with zero attached hydrogens (tertiary/aromatic N) is 1. The molecule has 0 aliphatic carbocycles. The molecule has 0 aliphatic rings. The lowest BCUT2D eigenvalue weighted by atomic mass is 10.2. The Morgan fingerprint density at radius 1 is 1.19 bits per heavy atom. The fraction of sp³-hybridized carbons (Fsp3) is 0.429. The van der Waals surface area contributed by atoms with Crippen LogP contribution in [0.15, 0.2) is 42.1 Å². The van der Waals surface area contributed by atoms with Gasteiger partial charge in [-0.25, -0.2) is 0 Å². The van der Waals surface area contributed by atoms with Crippen LogP contribution in [0, 0.1) is 0 Å². The van der Waals surface area contributed by atoms with Crippen LogP contribution in [0.5, 0.6) is 0 Å². The number of rotatable bonds is 4. The van der Waals surface area contributed by atoms with Crippen molar-refractivity contribution in [2.45, 2.75) is 39.9 Å². The average molecular weight is 233 g/mol. The molecule has 88 valence electrons. The van der Waals surface area contributed by atoms with Gasteiger partial charge in [0.25, 0.3) is 0 Å². The first-order valence-electron chi connectivity index (χ1n) is 6.01. The standard InChI is InChI=1S/C14H23NSi/c1-6-13(7-2)15(16(3,4)5)14-11-9-8-10-12-14/h6,8-12H,7H2,1-5H3/b13-6+. The highest BCUT2D eigenvalue weighted by Gasteiger charge is 2.26. The summed E-state index contributed by atoms with van der Waals surface area (Å²) in [6.07, 6.45) is 3.33. The molecule has 0 N–H and O–H groups in total. The molecule has 0 spiro atoms. The number of hydrogen-bond donors (Lipinski definition) is 0. The fourth-order valence-corrected chi connectivity index (χ4v) is 4.12. The van der Waals surface area contributed by atoms with Crippen LogP contribution in [0.2, 0.25) is 19.6 Å². The molecule has 0 aliphatic heterocycles. The molecule has 1 aromatic rings. The van der Waals surface area contributed by atoms with Gasteiger partial charge in [0.2, 0.25) is 0 Å². The third-order valence-corrected chi connectivity index (χ3v) is 4.55. The van der Waals surface area contributed by atoms with E-state index >= 15 is 0 Å². The molecule has 0 heterocycles. The second kappa shape index (κ2) is 5.35. The second-order valence-electron chi connectivity index (χ2n) is 4.98. The Kier molecular flexibility index (Phi) is 4.36. The van der Waals surface area contributed by atoms with Gasteiger partial charge in [0.05, 0.1) is 0 Å². The monoisotopic (exact) mass is 233 g/mol. The molecule has 16 heavy (non-hydrogen) atoms. The minimum Gasteiger partial charge on any atom is -0.373 e. The van der Waals surface area contributed by atoms with E-state index in [9.17, 15) is 0 Å². The van der Waals surface area contributed by atoms with Crippen molar-refractivity contribution < 1.29 is 0 Å². The third-order valence-electron chi connectivity index (χ3n) is 2.67. The van der Waals surface area contributed by atoms with Crippen LogP contribution in [-0.2, 0) is 0 Å². The van der Waals surface area contributed by atoms with Gasteiger partial charge in [-0.3, -0.25) is 0 Å². The maximum Gasteiger partial charge on any atom is 0.153 e. The zero-order valence-electron chi connectivity index (χ0n) is 11.1. The van der Waals surface area contributed by atoms with E-state index in [1.54, 1.807) is 0 Å². The van der Waals surface area contributed by atoms with Crippen LogP contribution in [-0.4, -0.2) is 8.24 Å². The molecule has 0 fully saturated rings. The van der Waals surface area contributed by atoms with E-state index in [-0.39, 0.29) is 0 Å². The van der Waals surface area contributed by atoms with Crippen molar-refractivity contribution in [2.75, 3.05) is 4.57 Å². The predicted octanol–water partition coefficient (Wildman–Crippen LogP) is 4.64. The first kappa shape index (κ1) is 13.0. The van der Waals surface area contributed by atoms with Crippen molar-refractivity contribution in [2.24, 2.45) is 0 Å². The van der Waals surface area contributed by atoms with E-state index in [1.807, 2.05) is 0 Å². The van der Waals surface area contributed by atoms with E-state index in [2.05, 4.69) is 74.5 Å². The number of benzene rings is 1. The fourth-order valence-electron chi connectivity index (χ4n) is 2.05. The van der Waals surface area contributed by atoms with E-state index in [0.717, 1.165) is 6.42 Å². The minimum absolute atomic E-state index is 1.09. The predicted molar refractivity (Wildman–Crippen MR) is 76.3 cm³/mol. The molecular weight excluding hydrogens is 210 g/mol. The summed E-state index contributed by atoms with van der Waals surface area (Å²) >= 11 is 0. The molecule has 0 saturated heterocycles. The topological polar surface area (TPSA) is 3.24 Å². The van der Waals surface area contributed by atoms with Gasteiger partial charge in [-0.1, -0.05) is 50.8 Å². The van der Waals surface area contributed by atoms with Crippen LogP contribution in [0.3, 0.4) is 0 Å². The van der Waals surface area contributed by atoms with E-state index in [0.29, 0.717) is 0 Å². The van der Waals surface area contributed by atoms with Gasteiger partial charge >= 0.3 is 0 Å². The Labute approximate surface area is 101 Å². The van der Waals surface area contributed by atoms with Crippen molar-refractivity contribution in [1.29, 1.82) is 0 Å². The van der Waals surface area contributed by atoms with Gasteiger partial charge in [0.1, 0.15) is 0 Å². The summed E-state index contributed by atoms with van der Waals surface area (Å²) in [7, 11) is -1.37. The van der Waals surface area contributed by atoms with Crippen molar-refractivity contribution in [1.82, 2.24) is 0 Å².